The highest BCUT2D eigenvalue weighted by molar-refractivity contribution is 7.80. The molecule has 0 aliphatic carbocycles. The average Bonchev–Trinajstić information content (AvgIpc) is 2.39. The third-order valence-corrected chi connectivity index (χ3v) is 2.69. The van der Waals surface area contributed by atoms with E-state index in [1.54, 1.807) is 7.05 Å². The largest absolute Gasteiger partial charge is 0.364 e. The molecule has 0 amide bonds. The summed E-state index contributed by atoms with van der Waals surface area (Å²) in [5.41, 5.74) is 5.04. The molecule has 0 aliphatic heterocycles. The van der Waals surface area contributed by atoms with E-state index in [2.05, 4.69) is 34.9 Å². The van der Waals surface area contributed by atoms with Crippen molar-refractivity contribution in [2.75, 3.05) is 7.05 Å². The van der Waals surface area contributed by atoms with E-state index in [1.807, 2.05) is 18.2 Å². The van der Waals surface area contributed by atoms with Gasteiger partial charge >= 0.3 is 0 Å². The number of thiocarbonyl (C=S) groups is 1. The van der Waals surface area contributed by atoms with Crippen LogP contribution in [0.4, 0.5) is 0 Å². The van der Waals surface area contributed by atoms with Crippen LogP contribution in [0, 0.1) is 0 Å². The smallest absolute Gasteiger partial charge is 0.186 e. The van der Waals surface area contributed by atoms with Crippen molar-refractivity contribution in [2.24, 2.45) is 5.10 Å². The molecule has 2 N–H and O–H groups in total. The van der Waals surface area contributed by atoms with Crippen molar-refractivity contribution in [2.45, 2.75) is 26.2 Å². The van der Waals surface area contributed by atoms with E-state index in [0.717, 1.165) is 30.5 Å². The number of hydrazone groups is 1. The Kier molecular flexibility index (Phi) is 6.25. The fraction of sp³-hybridized carbons (Fsp3) is 0.385. The third kappa shape index (κ3) is 4.95. The highest BCUT2D eigenvalue weighted by atomic mass is 32.1. The van der Waals surface area contributed by atoms with Gasteiger partial charge in [-0.2, -0.15) is 5.10 Å². The van der Waals surface area contributed by atoms with Gasteiger partial charge in [0.05, 0.1) is 5.71 Å². The van der Waals surface area contributed by atoms with Gasteiger partial charge in [0.1, 0.15) is 0 Å². The van der Waals surface area contributed by atoms with Gasteiger partial charge in [-0.3, -0.25) is 5.43 Å². The fourth-order valence-electron chi connectivity index (χ4n) is 1.41. The Bertz CT molecular complexity index is 374. The first-order valence-corrected chi connectivity index (χ1v) is 6.28. The molecule has 1 rings (SSSR count). The van der Waals surface area contributed by atoms with Gasteiger partial charge in [0.15, 0.2) is 5.11 Å². The van der Waals surface area contributed by atoms with Crippen LogP contribution in [0.5, 0.6) is 0 Å². The monoisotopic (exact) mass is 249 g/mol. The summed E-state index contributed by atoms with van der Waals surface area (Å²) < 4.78 is 0. The van der Waals surface area contributed by atoms with Gasteiger partial charge in [-0.1, -0.05) is 43.7 Å². The number of nitrogens with zero attached hydrogens (tertiary/aromatic N) is 1. The van der Waals surface area contributed by atoms with Gasteiger partial charge in [0.25, 0.3) is 0 Å². The Morgan fingerprint density at radius 1 is 1.29 bits per heavy atom. The molecule has 0 bridgehead atoms. The number of unbranched alkanes of at least 4 members (excludes halogenated alkanes) is 1. The van der Waals surface area contributed by atoms with Crippen LogP contribution in [0.1, 0.15) is 31.7 Å². The number of rotatable bonds is 5. The Morgan fingerprint density at radius 3 is 2.59 bits per heavy atom. The van der Waals surface area contributed by atoms with Gasteiger partial charge in [-0.05, 0) is 30.6 Å². The molecule has 0 fully saturated rings. The van der Waals surface area contributed by atoms with Crippen molar-refractivity contribution in [1.29, 1.82) is 0 Å². The van der Waals surface area contributed by atoms with Crippen molar-refractivity contribution >= 4 is 23.0 Å². The number of benzene rings is 1. The van der Waals surface area contributed by atoms with Crippen molar-refractivity contribution in [3.8, 4) is 0 Å². The summed E-state index contributed by atoms with van der Waals surface area (Å²) in [6.45, 7) is 2.17. The van der Waals surface area contributed by atoms with Gasteiger partial charge in [0.2, 0.25) is 0 Å². The van der Waals surface area contributed by atoms with E-state index >= 15 is 0 Å². The minimum Gasteiger partial charge on any atom is -0.364 e. The molecule has 0 atom stereocenters. The highest BCUT2D eigenvalue weighted by Crippen LogP contribution is 2.07. The molecule has 0 spiro atoms. The fourth-order valence-corrected chi connectivity index (χ4v) is 1.46. The van der Waals surface area contributed by atoms with Crippen LogP contribution in [-0.4, -0.2) is 17.9 Å². The second kappa shape index (κ2) is 7.79. The van der Waals surface area contributed by atoms with Gasteiger partial charge < -0.3 is 5.32 Å². The molecule has 17 heavy (non-hydrogen) atoms. The Hall–Kier alpha value is -1.42. The average molecular weight is 249 g/mol. The van der Waals surface area contributed by atoms with Crippen LogP contribution < -0.4 is 10.7 Å². The van der Waals surface area contributed by atoms with Crippen LogP contribution in [0.15, 0.2) is 35.4 Å². The van der Waals surface area contributed by atoms with Gasteiger partial charge in [0, 0.05) is 7.05 Å². The van der Waals surface area contributed by atoms with E-state index in [0.29, 0.717) is 5.11 Å². The summed E-state index contributed by atoms with van der Waals surface area (Å²) in [6, 6.07) is 10.2. The summed E-state index contributed by atoms with van der Waals surface area (Å²) in [5.74, 6) is 0. The maximum atomic E-state index is 5.01. The van der Waals surface area contributed by atoms with Crippen LogP contribution in [-0.2, 0) is 0 Å². The van der Waals surface area contributed by atoms with Crippen molar-refractivity contribution in [3.63, 3.8) is 0 Å². The lowest BCUT2D eigenvalue weighted by Gasteiger charge is -2.07. The summed E-state index contributed by atoms with van der Waals surface area (Å²) in [6.07, 6.45) is 3.24. The van der Waals surface area contributed by atoms with Crippen LogP contribution in [0.3, 0.4) is 0 Å². The molecule has 92 valence electrons. The summed E-state index contributed by atoms with van der Waals surface area (Å²) >= 11 is 5.01. The van der Waals surface area contributed by atoms with E-state index in [1.165, 1.54) is 0 Å². The van der Waals surface area contributed by atoms with Crippen LogP contribution in [0.25, 0.3) is 0 Å². The Labute approximate surface area is 108 Å². The quantitative estimate of drug-likeness (QED) is 0.478. The minimum absolute atomic E-state index is 0.537. The van der Waals surface area contributed by atoms with Gasteiger partial charge in [-0.25, -0.2) is 0 Å². The van der Waals surface area contributed by atoms with Crippen molar-refractivity contribution in [3.05, 3.63) is 35.9 Å². The summed E-state index contributed by atoms with van der Waals surface area (Å²) in [7, 11) is 1.78. The molecular weight excluding hydrogens is 230 g/mol. The molecule has 0 radical (unpaired) electrons. The second-order valence-electron chi connectivity index (χ2n) is 3.72. The molecular formula is C13H19N3S. The molecule has 1 aromatic rings. The van der Waals surface area contributed by atoms with E-state index in [9.17, 15) is 0 Å². The lowest BCUT2D eigenvalue weighted by atomic mass is 10.1. The standard InChI is InChI=1S/C13H19N3S/c1-3-4-10-12(15-16-13(17)14-2)11-8-6-5-7-9-11/h5-9H,3-4,10H2,1-2H3,(H2,14,16,17)/b15-12-. The predicted octanol–water partition coefficient (Wildman–Crippen LogP) is 2.67. The SMILES string of the molecule is CCCC/C(=N/NC(=S)NC)c1ccccc1. The molecule has 0 unspecified atom stereocenters. The maximum Gasteiger partial charge on any atom is 0.186 e. The first kappa shape index (κ1) is 13.6. The number of hydrogen-bond donors (Lipinski definition) is 2. The van der Waals surface area contributed by atoms with E-state index in [-0.39, 0.29) is 0 Å². The molecule has 0 saturated carbocycles. The molecule has 0 aromatic heterocycles. The number of nitrogens with one attached hydrogen (secondary N) is 2. The third-order valence-electron chi connectivity index (χ3n) is 2.39. The lowest BCUT2D eigenvalue weighted by molar-refractivity contribution is 0.826. The van der Waals surface area contributed by atoms with E-state index in [4.69, 9.17) is 12.2 Å². The van der Waals surface area contributed by atoms with Crippen LogP contribution in [0.2, 0.25) is 0 Å². The first-order valence-electron chi connectivity index (χ1n) is 5.87. The van der Waals surface area contributed by atoms with E-state index < -0.39 is 0 Å². The zero-order chi connectivity index (χ0) is 12.5. The van der Waals surface area contributed by atoms with Crippen molar-refractivity contribution < 1.29 is 0 Å². The molecule has 3 nitrogen and oxygen atoms in total. The molecule has 1 aromatic carbocycles. The lowest BCUT2D eigenvalue weighted by Crippen LogP contribution is -2.29. The van der Waals surface area contributed by atoms with Crippen molar-refractivity contribution in [1.82, 2.24) is 10.7 Å². The van der Waals surface area contributed by atoms with Gasteiger partial charge in [-0.15, -0.1) is 0 Å². The molecule has 0 aliphatic rings. The normalized spacial score (nSPS) is 11.1. The zero-order valence-corrected chi connectivity index (χ0v) is 11.2. The number of hydrogen-bond acceptors (Lipinski definition) is 2. The molecule has 0 saturated heterocycles. The second-order valence-corrected chi connectivity index (χ2v) is 4.13. The van der Waals surface area contributed by atoms with Crippen LogP contribution >= 0.6 is 12.2 Å². The maximum absolute atomic E-state index is 5.01. The summed E-state index contributed by atoms with van der Waals surface area (Å²) in [4.78, 5) is 0. The predicted molar refractivity (Wildman–Crippen MR) is 77.3 cm³/mol. The Morgan fingerprint density at radius 2 is 2.00 bits per heavy atom. The zero-order valence-electron chi connectivity index (χ0n) is 10.4. The minimum atomic E-state index is 0.537. The molecule has 0 heterocycles. The summed E-state index contributed by atoms with van der Waals surface area (Å²) in [5, 5.41) is 7.74. The Balaban J connectivity index is 2.76. The molecule has 4 heteroatoms. The first-order chi connectivity index (χ1) is 8.27. The highest BCUT2D eigenvalue weighted by Gasteiger charge is 2.02. The topological polar surface area (TPSA) is 36.4 Å².